The van der Waals surface area contributed by atoms with Crippen LogP contribution >= 0.6 is 0 Å². The number of rotatable bonds is 7. The topological polar surface area (TPSA) is 3.24 Å². The summed E-state index contributed by atoms with van der Waals surface area (Å²) < 4.78 is 0. The standard InChI is InChI=1S/C70H55N/c1-68(2)62-27-12-9-24-57(62)61-26-17-25-60(67(61)68)54-21-8-7-20-53(54)47-32-37-51(38-33-47)71(52-39-41-59-56-23-11-14-29-64(56)70(66(59)45-52)42-15-16-43-70)50-35-30-46(31-36-50)48-34-40-58-55-22-10-13-28-63(55)69(3,65(58)44-48)49-18-5-4-6-19-49/h4-14,17-41,44-45H,15-16,42-43H2,1-3H3. The Hall–Kier alpha value is -8.00. The molecule has 1 unspecified atom stereocenters. The highest BCUT2D eigenvalue weighted by Gasteiger charge is 2.45. The lowest BCUT2D eigenvalue weighted by molar-refractivity contribution is 0.550. The Bertz CT molecular complexity index is 3740. The van der Waals surface area contributed by atoms with E-state index in [1.165, 1.54) is 137 Å². The van der Waals surface area contributed by atoms with E-state index in [0.717, 1.165) is 11.4 Å². The Morgan fingerprint density at radius 1 is 0.310 bits per heavy atom. The minimum absolute atomic E-state index is 0.0695. The lowest BCUT2D eigenvalue weighted by Crippen LogP contribution is -2.22. The first kappa shape index (κ1) is 41.9. The van der Waals surface area contributed by atoms with Crippen molar-refractivity contribution in [2.24, 2.45) is 0 Å². The van der Waals surface area contributed by atoms with Gasteiger partial charge in [0.05, 0.1) is 0 Å². The molecule has 0 heterocycles. The van der Waals surface area contributed by atoms with Gasteiger partial charge in [-0.15, -0.1) is 0 Å². The highest BCUT2D eigenvalue weighted by molar-refractivity contribution is 5.94. The predicted octanol–water partition coefficient (Wildman–Crippen LogP) is 18.6. The van der Waals surface area contributed by atoms with Crippen molar-refractivity contribution in [2.45, 2.75) is 62.7 Å². The van der Waals surface area contributed by atoms with Gasteiger partial charge in [-0.25, -0.2) is 0 Å². The maximum Gasteiger partial charge on any atom is 0.0465 e. The van der Waals surface area contributed by atoms with Crippen LogP contribution in [0.3, 0.4) is 0 Å². The monoisotopic (exact) mass is 909 g/mol. The molecule has 1 saturated carbocycles. The number of nitrogens with zero attached hydrogens (tertiary/aromatic N) is 1. The zero-order valence-electron chi connectivity index (χ0n) is 40.7. The van der Waals surface area contributed by atoms with Crippen LogP contribution in [0.4, 0.5) is 17.1 Å². The van der Waals surface area contributed by atoms with Crippen molar-refractivity contribution in [1.29, 1.82) is 0 Å². The summed E-state index contributed by atoms with van der Waals surface area (Å²) in [7, 11) is 0. The summed E-state index contributed by atoms with van der Waals surface area (Å²) in [6.07, 6.45) is 4.93. The second-order valence-electron chi connectivity index (χ2n) is 21.2. The third-order valence-corrected chi connectivity index (χ3v) is 17.3. The Morgan fingerprint density at radius 2 is 0.775 bits per heavy atom. The Balaban J connectivity index is 0.873. The average Bonchev–Trinajstić information content (AvgIpc) is 4.17. The normalized spacial score (nSPS) is 17.0. The van der Waals surface area contributed by atoms with Crippen molar-refractivity contribution >= 4 is 17.1 Å². The second kappa shape index (κ2) is 15.8. The van der Waals surface area contributed by atoms with Crippen molar-refractivity contribution in [1.82, 2.24) is 0 Å². The SMILES string of the molecule is CC1(C)c2ccccc2-c2cccc(-c3ccccc3-c3ccc(N(c4ccc(-c5ccc6c(c5)C(C)(c5ccccc5)c5ccccc5-6)cc4)c4ccc5c(c4)C4(CCCC4)c4ccccc4-5)cc3)c21. The molecule has 4 aliphatic carbocycles. The van der Waals surface area contributed by atoms with Gasteiger partial charge >= 0.3 is 0 Å². The first-order valence-electron chi connectivity index (χ1n) is 25.7. The molecule has 71 heavy (non-hydrogen) atoms. The summed E-state index contributed by atoms with van der Waals surface area (Å²) in [5.74, 6) is 0. The largest absolute Gasteiger partial charge is 0.310 e. The number of fused-ring (bicyclic) bond motifs is 11. The van der Waals surface area contributed by atoms with Gasteiger partial charge in [0.2, 0.25) is 0 Å². The van der Waals surface area contributed by atoms with Gasteiger partial charge < -0.3 is 4.90 Å². The van der Waals surface area contributed by atoms with E-state index < -0.39 is 0 Å². The molecule has 0 saturated heterocycles. The van der Waals surface area contributed by atoms with Gasteiger partial charge in [-0.05, 0) is 168 Å². The highest BCUT2D eigenvalue weighted by Crippen LogP contribution is 2.59. The van der Waals surface area contributed by atoms with Crippen LogP contribution in [0, 0.1) is 0 Å². The summed E-state index contributed by atoms with van der Waals surface area (Å²) in [5, 5.41) is 0. The van der Waals surface area contributed by atoms with Gasteiger partial charge in [-0.1, -0.05) is 215 Å². The molecule has 0 bridgehead atoms. The molecule has 1 nitrogen and oxygen atoms in total. The van der Waals surface area contributed by atoms with E-state index >= 15 is 0 Å². The van der Waals surface area contributed by atoms with E-state index in [0.29, 0.717) is 0 Å². The van der Waals surface area contributed by atoms with Gasteiger partial charge in [-0.3, -0.25) is 0 Å². The summed E-state index contributed by atoms with van der Waals surface area (Å²) in [6, 6.07) is 87.1. The molecule has 0 amide bonds. The highest BCUT2D eigenvalue weighted by atomic mass is 15.1. The van der Waals surface area contributed by atoms with Crippen molar-refractivity contribution in [3.8, 4) is 66.8 Å². The molecule has 1 spiro atoms. The minimum Gasteiger partial charge on any atom is -0.310 e. The van der Waals surface area contributed by atoms with Crippen molar-refractivity contribution in [2.75, 3.05) is 4.90 Å². The lowest BCUT2D eigenvalue weighted by atomic mass is 9.74. The van der Waals surface area contributed by atoms with Crippen LogP contribution in [-0.4, -0.2) is 0 Å². The second-order valence-corrected chi connectivity index (χ2v) is 21.2. The molecule has 4 aliphatic rings. The van der Waals surface area contributed by atoms with Gasteiger partial charge in [-0.2, -0.15) is 0 Å². The maximum atomic E-state index is 2.54. The summed E-state index contributed by atoms with van der Waals surface area (Å²) in [6.45, 7) is 7.18. The van der Waals surface area contributed by atoms with Crippen LogP contribution in [0.2, 0.25) is 0 Å². The zero-order valence-corrected chi connectivity index (χ0v) is 40.7. The molecule has 1 heteroatoms. The fraction of sp³-hybridized carbons (Fsp3) is 0.143. The van der Waals surface area contributed by atoms with E-state index in [1.54, 1.807) is 0 Å². The molecule has 10 aromatic carbocycles. The molecule has 0 aliphatic heterocycles. The minimum atomic E-state index is -0.250. The molecular weight excluding hydrogens is 855 g/mol. The van der Waals surface area contributed by atoms with Gasteiger partial charge in [0.25, 0.3) is 0 Å². The molecule has 1 atom stereocenters. The smallest absolute Gasteiger partial charge is 0.0465 e. The van der Waals surface area contributed by atoms with Crippen LogP contribution in [-0.2, 0) is 16.2 Å². The third kappa shape index (κ3) is 6.12. The first-order chi connectivity index (χ1) is 34.8. The van der Waals surface area contributed by atoms with E-state index in [-0.39, 0.29) is 16.2 Å². The predicted molar refractivity (Wildman–Crippen MR) is 297 cm³/mol. The summed E-state index contributed by atoms with van der Waals surface area (Å²) in [5.41, 5.74) is 28.7. The fourth-order valence-corrected chi connectivity index (χ4v) is 13.9. The van der Waals surface area contributed by atoms with Crippen LogP contribution in [0.25, 0.3) is 66.8 Å². The fourth-order valence-electron chi connectivity index (χ4n) is 13.9. The van der Waals surface area contributed by atoms with Gasteiger partial charge in [0.1, 0.15) is 0 Å². The first-order valence-corrected chi connectivity index (χ1v) is 25.7. The van der Waals surface area contributed by atoms with Crippen LogP contribution in [0.15, 0.2) is 231 Å². The Labute approximate surface area is 418 Å². The molecular formula is C70H55N. The van der Waals surface area contributed by atoms with Crippen LogP contribution in [0.5, 0.6) is 0 Å². The van der Waals surface area contributed by atoms with Crippen molar-refractivity contribution in [3.63, 3.8) is 0 Å². The van der Waals surface area contributed by atoms with E-state index in [4.69, 9.17) is 0 Å². The number of hydrogen-bond donors (Lipinski definition) is 0. The quantitative estimate of drug-likeness (QED) is 0.154. The average molecular weight is 910 g/mol. The third-order valence-electron chi connectivity index (χ3n) is 17.3. The molecule has 0 N–H and O–H groups in total. The van der Waals surface area contributed by atoms with Gasteiger partial charge in [0.15, 0.2) is 0 Å². The molecule has 340 valence electrons. The van der Waals surface area contributed by atoms with Crippen LogP contribution in [0.1, 0.15) is 85.4 Å². The van der Waals surface area contributed by atoms with E-state index in [2.05, 4.69) is 256 Å². The van der Waals surface area contributed by atoms with Crippen molar-refractivity contribution in [3.05, 3.63) is 269 Å². The van der Waals surface area contributed by atoms with Crippen LogP contribution < -0.4 is 4.90 Å². The zero-order chi connectivity index (χ0) is 47.5. The lowest BCUT2D eigenvalue weighted by Gasteiger charge is -2.30. The Kier molecular flexibility index (Phi) is 9.31. The summed E-state index contributed by atoms with van der Waals surface area (Å²) >= 11 is 0. The Morgan fingerprint density at radius 3 is 1.46 bits per heavy atom. The molecule has 1 fully saturated rings. The molecule has 0 radical (unpaired) electrons. The number of benzene rings is 10. The number of anilines is 3. The molecule has 0 aromatic heterocycles. The maximum absolute atomic E-state index is 2.54. The molecule has 10 aromatic rings. The summed E-state index contributed by atoms with van der Waals surface area (Å²) in [4.78, 5) is 2.49. The van der Waals surface area contributed by atoms with E-state index in [1.807, 2.05) is 0 Å². The van der Waals surface area contributed by atoms with E-state index in [9.17, 15) is 0 Å². The molecule has 14 rings (SSSR count). The van der Waals surface area contributed by atoms with Crippen molar-refractivity contribution < 1.29 is 0 Å². The van der Waals surface area contributed by atoms with Gasteiger partial charge in [0, 0.05) is 33.3 Å². The number of hydrogen-bond acceptors (Lipinski definition) is 1.